The van der Waals surface area contributed by atoms with Gasteiger partial charge in [-0.15, -0.1) is 0 Å². The van der Waals surface area contributed by atoms with Crippen LogP contribution in [0.4, 0.5) is 0 Å². The molecule has 2 aromatic heterocycles. The number of aromatic nitrogens is 4. The van der Waals surface area contributed by atoms with E-state index in [1.807, 2.05) is 35.6 Å². The summed E-state index contributed by atoms with van der Waals surface area (Å²) in [5, 5.41) is 0. The zero-order valence-electron chi connectivity index (χ0n) is 16.4. The van der Waals surface area contributed by atoms with Crippen LogP contribution < -0.4 is 0 Å². The first-order valence-electron chi connectivity index (χ1n) is 7.60. The molecule has 2 aromatic rings. The minimum Gasteiger partial charge on any atom is -0.341 e. The van der Waals surface area contributed by atoms with Gasteiger partial charge in [-0.2, -0.15) is 0 Å². The minimum absolute atomic E-state index is 0. The first-order chi connectivity index (χ1) is 12.0. The zero-order valence-corrected chi connectivity index (χ0v) is 17.3. The first-order valence-corrected chi connectivity index (χ1v) is 7.60. The van der Waals surface area contributed by atoms with Crippen LogP contribution in [0.5, 0.6) is 0 Å². The Labute approximate surface area is 170 Å². The number of ketones is 4. The first kappa shape index (κ1) is 29.1. The molecule has 0 atom stereocenters. The van der Waals surface area contributed by atoms with Gasteiger partial charge < -0.3 is 28.3 Å². The van der Waals surface area contributed by atoms with Crippen molar-refractivity contribution in [1.82, 2.24) is 19.1 Å². The predicted molar refractivity (Wildman–Crippen MR) is 97.7 cm³/mol. The maximum atomic E-state index is 9.98. The van der Waals surface area contributed by atoms with Gasteiger partial charge >= 0.3 is 16.5 Å². The Bertz CT molecular complexity index is 571. The van der Waals surface area contributed by atoms with Gasteiger partial charge in [0.15, 0.2) is 0 Å². The number of Topliss-reactive ketones (excluding diaryl/α,β-unsaturated/α-hetero) is 4. The molecule has 0 spiro atoms. The molecule has 0 aliphatic heterocycles. The zero-order chi connectivity index (χ0) is 20.5. The standard InChI is InChI=1S/2C5H7O2.2C4H6N2.Ni/c2*1-4(6)3-5(2)7;2*1-6-3-2-5-4-6;/h2*3H,1-2H3;2*2-4H,1H3;/q2*-1;;;+2. The van der Waals surface area contributed by atoms with Gasteiger partial charge in [0.1, 0.15) is 0 Å². The topological polar surface area (TPSA) is 104 Å². The van der Waals surface area contributed by atoms with Crippen molar-refractivity contribution >= 4 is 23.1 Å². The van der Waals surface area contributed by atoms with Crippen molar-refractivity contribution in [3.05, 3.63) is 50.3 Å². The van der Waals surface area contributed by atoms with Crippen molar-refractivity contribution in [2.24, 2.45) is 14.1 Å². The van der Waals surface area contributed by atoms with E-state index in [4.69, 9.17) is 0 Å². The molecule has 0 N–H and O–H groups in total. The molecule has 0 bridgehead atoms. The Balaban J connectivity index is -0.000000281. The van der Waals surface area contributed by atoms with Crippen molar-refractivity contribution in [2.45, 2.75) is 27.7 Å². The molecule has 2 rings (SSSR count). The SMILES string of the molecule is CC(=O)[CH-]C(C)=O.CC(=O)[CH-]C(C)=O.Cn1ccnc1.Cn1ccnc1.[Ni+2]. The molecule has 8 nitrogen and oxygen atoms in total. The van der Waals surface area contributed by atoms with E-state index in [0.29, 0.717) is 0 Å². The summed E-state index contributed by atoms with van der Waals surface area (Å²) in [5.74, 6) is -0.750. The molecule has 152 valence electrons. The van der Waals surface area contributed by atoms with Crippen LogP contribution in [0.3, 0.4) is 0 Å². The average Bonchev–Trinajstić information content (AvgIpc) is 3.11. The number of carbonyl (C=O) groups excluding carboxylic acids is 4. The van der Waals surface area contributed by atoms with Crippen LogP contribution in [0.15, 0.2) is 37.4 Å². The van der Waals surface area contributed by atoms with E-state index >= 15 is 0 Å². The molecule has 0 aromatic carbocycles. The third-order valence-corrected chi connectivity index (χ3v) is 2.09. The van der Waals surface area contributed by atoms with Crippen molar-refractivity contribution in [2.75, 3.05) is 0 Å². The summed E-state index contributed by atoms with van der Waals surface area (Å²) in [6.07, 6.45) is 12.9. The Kier molecular flexibility index (Phi) is 19.6. The monoisotopic (exact) mass is 420 g/mol. The van der Waals surface area contributed by atoms with Crippen LogP contribution in [-0.2, 0) is 49.8 Å². The number of hydrogen-bond donors (Lipinski definition) is 0. The smallest absolute Gasteiger partial charge is 0.341 e. The van der Waals surface area contributed by atoms with Crippen LogP contribution >= 0.6 is 0 Å². The van der Waals surface area contributed by atoms with Gasteiger partial charge in [0.05, 0.1) is 12.7 Å². The largest absolute Gasteiger partial charge is 2.00 e. The number of nitrogens with zero attached hydrogens (tertiary/aromatic N) is 4. The van der Waals surface area contributed by atoms with Crippen molar-refractivity contribution in [3.63, 3.8) is 0 Å². The second kappa shape index (κ2) is 18.1. The second-order valence-corrected chi connectivity index (χ2v) is 5.19. The number of imidazole rings is 2. The van der Waals surface area contributed by atoms with Crippen molar-refractivity contribution < 1.29 is 35.7 Å². The van der Waals surface area contributed by atoms with Crippen molar-refractivity contribution in [3.8, 4) is 0 Å². The molecule has 2 heterocycles. The summed E-state index contributed by atoms with van der Waals surface area (Å²) >= 11 is 0. The second-order valence-electron chi connectivity index (χ2n) is 5.19. The van der Waals surface area contributed by atoms with Crippen molar-refractivity contribution in [1.29, 1.82) is 0 Å². The molecule has 27 heavy (non-hydrogen) atoms. The van der Waals surface area contributed by atoms with Crippen LogP contribution in [0.2, 0.25) is 0 Å². The molecule has 0 aliphatic carbocycles. The van der Waals surface area contributed by atoms with Gasteiger partial charge in [0, 0.05) is 62.0 Å². The van der Waals surface area contributed by atoms with Gasteiger partial charge in [-0.3, -0.25) is 12.8 Å². The summed E-state index contributed by atoms with van der Waals surface area (Å²) in [6, 6.07) is 0. The fourth-order valence-electron chi connectivity index (χ4n) is 1.22. The fourth-order valence-corrected chi connectivity index (χ4v) is 1.22. The van der Waals surface area contributed by atoms with Gasteiger partial charge in [0.2, 0.25) is 0 Å². The maximum Gasteiger partial charge on any atom is 2.00 e. The van der Waals surface area contributed by atoms with E-state index in [9.17, 15) is 19.2 Å². The van der Waals surface area contributed by atoms with Crippen LogP contribution in [0.1, 0.15) is 27.7 Å². The van der Waals surface area contributed by atoms with Gasteiger partial charge in [-0.25, -0.2) is 9.97 Å². The molecule has 0 saturated heterocycles. The van der Waals surface area contributed by atoms with E-state index in [1.165, 1.54) is 27.7 Å². The fraction of sp³-hybridized carbons (Fsp3) is 0.333. The minimum atomic E-state index is -0.187. The molecule has 0 unspecified atom stereocenters. The van der Waals surface area contributed by atoms with E-state index < -0.39 is 0 Å². The Hall–Kier alpha value is -2.67. The molecule has 0 radical (unpaired) electrons. The van der Waals surface area contributed by atoms with E-state index in [0.717, 1.165) is 12.8 Å². The van der Waals surface area contributed by atoms with E-state index in [1.54, 1.807) is 25.0 Å². The van der Waals surface area contributed by atoms with Gasteiger partial charge in [-0.1, -0.05) is 0 Å². The summed E-state index contributed by atoms with van der Waals surface area (Å²) in [5.41, 5.74) is 0. The third kappa shape index (κ3) is 28.4. The molecule has 9 heteroatoms. The van der Waals surface area contributed by atoms with Crippen LogP contribution in [0, 0.1) is 12.8 Å². The average molecular weight is 421 g/mol. The molecule has 0 fully saturated rings. The van der Waals surface area contributed by atoms with Crippen LogP contribution in [0.25, 0.3) is 0 Å². The number of aryl methyl sites for hydroxylation is 2. The van der Waals surface area contributed by atoms with Crippen LogP contribution in [-0.4, -0.2) is 42.2 Å². The molecule has 0 amide bonds. The number of carbonyl (C=O) groups is 4. The van der Waals surface area contributed by atoms with Gasteiger partial charge in [0.25, 0.3) is 0 Å². The summed E-state index contributed by atoms with van der Waals surface area (Å²) in [6.45, 7) is 5.39. The normalized spacial score (nSPS) is 7.93. The van der Waals surface area contributed by atoms with E-state index in [2.05, 4.69) is 9.97 Å². The molecular formula is C18H26N4NiO4. The molecule has 0 saturated carbocycles. The molecule has 0 aliphatic rings. The third-order valence-electron chi connectivity index (χ3n) is 2.09. The number of rotatable bonds is 4. The van der Waals surface area contributed by atoms with Gasteiger partial charge in [-0.05, 0) is 27.7 Å². The Morgan fingerprint density at radius 3 is 0.963 bits per heavy atom. The Morgan fingerprint density at radius 1 is 0.667 bits per heavy atom. The predicted octanol–water partition coefficient (Wildman–Crippen LogP) is 1.58. The maximum absolute atomic E-state index is 9.98. The molecular weight excluding hydrogens is 395 g/mol. The summed E-state index contributed by atoms with van der Waals surface area (Å²) < 4.78 is 3.78. The number of hydrogen-bond acceptors (Lipinski definition) is 6. The Morgan fingerprint density at radius 2 is 0.926 bits per heavy atom. The van der Waals surface area contributed by atoms with E-state index in [-0.39, 0.29) is 39.6 Å². The summed E-state index contributed by atoms with van der Waals surface area (Å²) in [4.78, 5) is 47.5. The quantitative estimate of drug-likeness (QED) is 0.422. The summed E-state index contributed by atoms with van der Waals surface area (Å²) in [7, 11) is 3.88.